The quantitative estimate of drug-likeness (QED) is 0.740. The van der Waals surface area contributed by atoms with Gasteiger partial charge in [0.2, 0.25) is 0 Å². The average Bonchev–Trinajstić information content (AvgIpc) is 2.57. The summed E-state index contributed by atoms with van der Waals surface area (Å²) in [4.78, 5) is 4.25. The van der Waals surface area contributed by atoms with Crippen molar-refractivity contribution in [2.45, 2.75) is 6.92 Å². The van der Waals surface area contributed by atoms with E-state index >= 15 is 0 Å². The van der Waals surface area contributed by atoms with Crippen molar-refractivity contribution in [2.24, 2.45) is 0 Å². The van der Waals surface area contributed by atoms with E-state index in [9.17, 15) is 0 Å². The van der Waals surface area contributed by atoms with Crippen molar-refractivity contribution < 1.29 is 4.74 Å². The van der Waals surface area contributed by atoms with Gasteiger partial charge in [-0.2, -0.15) is 0 Å². The van der Waals surface area contributed by atoms with Gasteiger partial charge in [0, 0.05) is 0 Å². The van der Waals surface area contributed by atoms with Crippen LogP contribution in [0.15, 0.2) is 12.1 Å². The maximum absolute atomic E-state index is 5.79. The fourth-order valence-corrected chi connectivity index (χ4v) is 2.15. The maximum atomic E-state index is 5.79. The Morgan fingerprint density at radius 1 is 1.36 bits per heavy atom. The number of nitrogens with zero attached hydrogens (tertiary/aromatic N) is 1. The van der Waals surface area contributed by atoms with Crippen molar-refractivity contribution >= 4 is 32.9 Å². The third-order valence-corrected chi connectivity index (χ3v) is 2.87. The van der Waals surface area contributed by atoms with Crippen LogP contribution in [0.3, 0.4) is 0 Å². The molecule has 14 heavy (non-hydrogen) atoms. The van der Waals surface area contributed by atoms with Gasteiger partial charge in [-0.15, -0.1) is 0 Å². The summed E-state index contributed by atoms with van der Waals surface area (Å²) in [6, 6.07) is 3.54. The lowest BCUT2D eigenvalue weighted by Crippen LogP contribution is -1.91. The highest BCUT2D eigenvalue weighted by Crippen LogP contribution is 2.35. The van der Waals surface area contributed by atoms with Crippen molar-refractivity contribution in [1.82, 2.24) is 4.98 Å². The highest BCUT2D eigenvalue weighted by molar-refractivity contribution is 7.20. The molecule has 0 aliphatic heterocycles. The van der Waals surface area contributed by atoms with Crippen LogP contribution in [0.2, 0.25) is 0 Å². The molecular weight excluding hydrogens is 198 g/mol. The summed E-state index contributed by atoms with van der Waals surface area (Å²) in [6.45, 7) is 2.51. The third-order valence-electron chi connectivity index (χ3n) is 1.85. The predicted octanol–water partition coefficient (Wildman–Crippen LogP) is 1.86. The molecule has 1 aromatic heterocycles. The first kappa shape index (κ1) is 9.08. The van der Waals surface area contributed by atoms with Gasteiger partial charge < -0.3 is 16.2 Å². The highest BCUT2D eigenvalue weighted by atomic mass is 32.1. The van der Waals surface area contributed by atoms with E-state index in [-0.39, 0.29) is 0 Å². The SMILES string of the molecule is CCOc1nc2c(N)ccc(N)c2s1. The van der Waals surface area contributed by atoms with Crippen LogP contribution in [0.4, 0.5) is 11.4 Å². The first-order valence-corrected chi connectivity index (χ1v) is 5.11. The van der Waals surface area contributed by atoms with Crippen LogP contribution in [0.25, 0.3) is 10.2 Å². The molecule has 0 unspecified atom stereocenters. The molecule has 2 aromatic rings. The lowest BCUT2D eigenvalue weighted by atomic mass is 10.2. The van der Waals surface area contributed by atoms with Gasteiger partial charge in [-0.25, -0.2) is 4.98 Å². The van der Waals surface area contributed by atoms with Gasteiger partial charge in [0.25, 0.3) is 5.19 Å². The number of benzene rings is 1. The number of fused-ring (bicyclic) bond motifs is 1. The minimum Gasteiger partial charge on any atom is -0.470 e. The van der Waals surface area contributed by atoms with Crippen molar-refractivity contribution in [3.8, 4) is 5.19 Å². The molecule has 0 aliphatic rings. The standard InChI is InChI=1S/C9H11N3OS/c1-2-13-9-12-7-5(10)3-4-6(11)8(7)14-9/h3-4H,2,10-11H2,1H3. The molecule has 5 heteroatoms. The predicted molar refractivity (Wildman–Crippen MR) is 59.6 cm³/mol. The maximum Gasteiger partial charge on any atom is 0.274 e. The van der Waals surface area contributed by atoms with Crippen LogP contribution in [0, 0.1) is 0 Å². The Balaban J connectivity index is 2.63. The summed E-state index contributed by atoms with van der Waals surface area (Å²) < 4.78 is 6.19. The normalized spacial score (nSPS) is 10.6. The Hall–Kier alpha value is -1.49. The number of thiazole rings is 1. The van der Waals surface area contributed by atoms with Gasteiger partial charge in [0.1, 0.15) is 5.52 Å². The second-order valence-corrected chi connectivity index (χ2v) is 3.80. The monoisotopic (exact) mass is 209 g/mol. The van der Waals surface area contributed by atoms with E-state index in [0.717, 1.165) is 10.2 Å². The van der Waals surface area contributed by atoms with Gasteiger partial charge in [0.05, 0.1) is 22.7 Å². The molecule has 1 heterocycles. The number of nitrogens with two attached hydrogens (primary N) is 2. The lowest BCUT2D eigenvalue weighted by molar-refractivity contribution is 0.339. The molecule has 4 N–H and O–H groups in total. The fraction of sp³-hybridized carbons (Fsp3) is 0.222. The Morgan fingerprint density at radius 2 is 2.07 bits per heavy atom. The van der Waals surface area contributed by atoms with Gasteiger partial charge in [0.15, 0.2) is 0 Å². The second-order valence-electron chi connectivity index (χ2n) is 2.83. The van der Waals surface area contributed by atoms with E-state index in [0.29, 0.717) is 23.2 Å². The first-order chi connectivity index (χ1) is 6.72. The minimum atomic E-state index is 0.597. The average molecular weight is 209 g/mol. The van der Waals surface area contributed by atoms with E-state index in [1.807, 2.05) is 6.92 Å². The van der Waals surface area contributed by atoms with E-state index < -0.39 is 0 Å². The van der Waals surface area contributed by atoms with Gasteiger partial charge in [-0.05, 0) is 19.1 Å². The molecule has 0 bridgehead atoms. The summed E-state index contributed by atoms with van der Waals surface area (Å²) in [5, 5.41) is 0.618. The van der Waals surface area contributed by atoms with Crippen molar-refractivity contribution in [3.63, 3.8) is 0 Å². The van der Waals surface area contributed by atoms with Crippen molar-refractivity contribution in [3.05, 3.63) is 12.1 Å². The number of ether oxygens (including phenoxy) is 1. The highest BCUT2D eigenvalue weighted by Gasteiger charge is 2.09. The first-order valence-electron chi connectivity index (χ1n) is 4.29. The summed E-state index contributed by atoms with van der Waals surface area (Å²) in [7, 11) is 0. The van der Waals surface area contributed by atoms with Crippen LogP contribution < -0.4 is 16.2 Å². The van der Waals surface area contributed by atoms with Crippen LogP contribution in [0.1, 0.15) is 6.92 Å². The zero-order valence-electron chi connectivity index (χ0n) is 7.78. The molecule has 1 aromatic carbocycles. The topological polar surface area (TPSA) is 74.2 Å². The molecule has 0 aliphatic carbocycles. The summed E-state index contributed by atoms with van der Waals surface area (Å²) in [5.74, 6) is 0. The molecule has 0 amide bonds. The number of hydrogen-bond acceptors (Lipinski definition) is 5. The van der Waals surface area contributed by atoms with Crippen LogP contribution in [-0.4, -0.2) is 11.6 Å². The van der Waals surface area contributed by atoms with E-state index in [4.69, 9.17) is 16.2 Å². The van der Waals surface area contributed by atoms with E-state index in [1.54, 1.807) is 12.1 Å². The Morgan fingerprint density at radius 3 is 2.71 bits per heavy atom. The molecule has 2 rings (SSSR count). The molecule has 0 saturated heterocycles. The van der Waals surface area contributed by atoms with Crippen LogP contribution >= 0.6 is 11.3 Å². The van der Waals surface area contributed by atoms with Crippen LogP contribution in [0.5, 0.6) is 5.19 Å². The van der Waals surface area contributed by atoms with E-state index in [2.05, 4.69) is 4.98 Å². The number of nitrogen functional groups attached to an aromatic ring is 2. The largest absolute Gasteiger partial charge is 0.470 e. The third kappa shape index (κ3) is 1.35. The number of hydrogen-bond donors (Lipinski definition) is 2. The molecular formula is C9H11N3OS. The molecule has 0 fully saturated rings. The molecule has 0 saturated carbocycles. The summed E-state index contributed by atoms with van der Waals surface area (Å²) in [6.07, 6.45) is 0. The smallest absolute Gasteiger partial charge is 0.274 e. The van der Waals surface area contributed by atoms with Crippen LogP contribution in [-0.2, 0) is 0 Å². The van der Waals surface area contributed by atoms with Gasteiger partial charge in [-0.1, -0.05) is 11.3 Å². The molecule has 74 valence electrons. The Bertz CT molecular complexity index is 427. The lowest BCUT2D eigenvalue weighted by Gasteiger charge is -1.96. The number of anilines is 2. The fourth-order valence-electron chi connectivity index (χ4n) is 1.21. The van der Waals surface area contributed by atoms with Gasteiger partial charge >= 0.3 is 0 Å². The minimum absolute atomic E-state index is 0.597. The van der Waals surface area contributed by atoms with Gasteiger partial charge in [-0.3, -0.25) is 0 Å². The summed E-state index contributed by atoms with van der Waals surface area (Å²) in [5.41, 5.74) is 13.6. The van der Waals surface area contributed by atoms with E-state index in [1.165, 1.54) is 11.3 Å². The molecule has 0 spiro atoms. The Labute approximate surface area is 85.5 Å². The molecule has 0 atom stereocenters. The number of rotatable bonds is 2. The van der Waals surface area contributed by atoms with Crippen molar-refractivity contribution in [1.29, 1.82) is 0 Å². The molecule has 4 nitrogen and oxygen atoms in total. The van der Waals surface area contributed by atoms with Crippen molar-refractivity contribution in [2.75, 3.05) is 18.1 Å². The Kier molecular flexibility index (Phi) is 2.17. The zero-order chi connectivity index (χ0) is 10.1. The second kappa shape index (κ2) is 3.34. The molecule has 0 radical (unpaired) electrons. The summed E-state index contributed by atoms with van der Waals surface area (Å²) >= 11 is 1.42. The zero-order valence-corrected chi connectivity index (χ0v) is 8.60. The number of aromatic nitrogens is 1.